The maximum absolute atomic E-state index is 12.7. The number of hydrogen-bond donors (Lipinski definition) is 2. The van der Waals surface area contributed by atoms with Crippen molar-refractivity contribution in [1.29, 1.82) is 0 Å². The van der Waals surface area contributed by atoms with Gasteiger partial charge < -0.3 is 14.7 Å². The van der Waals surface area contributed by atoms with Crippen molar-refractivity contribution in [2.24, 2.45) is 4.99 Å². The lowest BCUT2D eigenvalue weighted by molar-refractivity contribution is 0.00483. The fourth-order valence-corrected chi connectivity index (χ4v) is 4.01. The molecule has 1 fully saturated rings. The van der Waals surface area contributed by atoms with Gasteiger partial charge in [0.15, 0.2) is 0 Å². The summed E-state index contributed by atoms with van der Waals surface area (Å²) in [7, 11) is 1.65. The van der Waals surface area contributed by atoms with Crippen molar-refractivity contribution in [3.63, 3.8) is 0 Å². The van der Waals surface area contributed by atoms with Crippen LogP contribution in [-0.2, 0) is 6.42 Å². The van der Waals surface area contributed by atoms with E-state index in [9.17, 15) is 9.90 Å². The molecule has 2 amide bonds. The SMILES string of the molecule is COc1ccc(-c2ccccc2C)c2c1CC(NC(=O)N1CCC(C)(O)CC1)=N2. The molecule has 152 valence electrons. The number of carbonyl (C=O) groups excluding carboxylic acids is 1. The molecule has 0 radical (unpaired) electrons. The number of aliphatic hydroxyl groups is 1. The van der Waals surface area contributed by atoms with Crippen LogP contribution < -0.4 is 10.1 Å². The van der Waals surface area contributed by atoms with Crippen LogP contribution in [0.1, 0.15) is 30.9 Å². The summed E-state index contributed by atoms with van der Waals surface area (Å²) in [6.07, 6.45) is 1.69. The van der Waals surface area contributed by atoms with Crippen molar-refractivity contribution >= 4 is 17.6 Å². The summed E-state index contributed by atoms with van der Waals surface area (Å²) in [4.78, 5) is 19.2. The molecule has 0 unspecified atom stereocenters. The molecule has 0 atom stereocenters. The number of fused-ring (bicyclic) bond motifs is 1. The van der Waals surface area contributed by atoms with E-state index < -0.39 is 5.60 Å². The van der Waals surface area contributed by atoms with Crippen molar-refractivity contribution < 1.29 is 14.6 Å². The van der Waals surface area contributed by atoms with Crippen molar-refractivity contribution in [1.82, 2.24) is 10.2 Å². The van der Waals surface area contributed by atoms with Gasteiger partial charge in [-0.05, 0) is 49.9 Å². The number of aliphatic imine (C=N–C) groups is 1. The Bertz CT molecular complexity index is 971. The second-order valence-corrected chi connectivity index (χ2v) is 8.11. The first-order chi connectivity index (χ1) is 13.9. The highest BCUT2D eigenvalue weighted by Crippen LogP contribution is 2.42. The van der Waals surface area contributed by atoms with Gasteiger partial charge in [-0.2, -0.15) is 0 Å². The summed E-state index contributed by atoms with van der Waals surface area (Å²) in [5, 5.41) is 13.1. The third-order valence-electron chi connectivity index (χ3n) is 5.86. The summed E-state index contributed by atoms with van der Waals surface area (Å²) in [5.41, 5.74) is 4.50. The number of amidine groups is 1. The number of carbonyl (C=O) groups is 1. The maximum atomic E-state index is 12.7. The standard InChI is InChI=1S/C23H27N3O3/c1-15-6-4-5-7-16(15)17-8-9-19(29-3)18-14-20(24-21(17)18)25-22(27)26-12-10-23(2,28)11-13-26/h4-9,28H,10-14H2,1-3H3,(H,24,25,27). The number of nitrogens with one attached hydrogen (secondary N) is 1. The van der Waals surface area contributed by atoms with Crippen LogP contribution in [0.2, 0.25) is 0 Å². The van der Waals surface area contributed by atoms with Crippen LogP contribution >= 0.6 is 0 Å². The first kappa shape index (κ1) is 19.5. The van der Waals surface area contributed by atoms with Gasteiger partial charge in [0.2, 0.25) is 0 Å². The van der Waals surface area contributed by atoms with Gasteiger partial charge in [-0.15, -0.1) is 0 Å². The summed E-state index contributed by atoms with van der Waals surface area (Å²) in [6, 6.07) is 12.0. The molecule has 0 spiro atoms. The average Bonchev–Trinajstić information content (AvgIpc) is 3.11. The van der Waals surface area contributed by atoms with Gasteiger partial charge in [-0.3, -0.25) is 5.32 Å². The molecule has 1 saturated heterocycles. The summed E-state index contributed by atoms with van der Waals surface area (Å²) >= 11 is 0. The van der Waals surface area contributed by atoms with Crippen LogP contribution in [0, 0.1) is 6.92 Å². The Morgan fingerprint density at radius 1 is 1.17 bits per heavy atom. The Labute approximate surface area is 171 Å². The van der Waals surface area contributed by atoms with Gasteiger partial charge >= 0.3 is 6.03 Å². The van der Waals surface area contributed by atoms with E-state index in [0.717, 1.165) is 28.1 Å². The van der Waals surface area contributed by atoms with E-state index in [4.69, 9.17) is 9.73 Å². The number of nitrogens with zero attached hydrogens (tertiary/aromatic N) is 2. The number of methoxy groups -OCH3 is 1. The lowest BCUT2D eigenvalue weighted by atomic mass is 9.94. The molecule has 2 N–H and O–H groups in total. The van der Waals surface area contributed by atoms with Crippen molar-refractivity contribution in [2.45, 2.75) is 38.7 Å². The zero-order chi connectivity index (χ0) is 20.6. The normalized spacial score (nSPS) is 17.5. The molecular formula is C23H27N3O3. The zero-order valence-electron chi connectivity index (χ0n) is 17.2. The van der Waals surface area contributed by atoms with E-state index in [0.29, 0.717) is 38.2 Å². The van der Waals surface area contributed by atoms with Crippen LogP contribution in [0.3, 0.4) is 0 Å². The van der Waals surface area contributed by atoms with Gasteiger partial charge in [0.05, 0.1) is 18.4 Å². The third-order valence-corrected chi connectivity index (χ3v) is 5.86. The zero-order valence-corrected chi connectivity index (χ0v) is 17.2. The van der Waals surface area contributed by atoms with Gasteiger partial charge in [-0.25, -0.2) is 9.79 Å². The smallest absolute Gasteiger partial charge is 0.322 e. The van der Waals surface area contributed by atoms with Crippen molar-refractivity contribution in [3.8, 4) is 16.9 Å². The van der Waals surface area contributed by atoms with Gasteiger partial charge in [0.25, 0.3) is 0 Å². The molecular weight excluding hydrogens is 366 g/mol. The fraction of sp³-hybridized carbons (Fsp3) is 0.391. The molecule has 4 rings (SSSR count). The first-order valence-corrected chi connectivity index (χ1v) is 10.00. The summed E-state index contributed by atoms with van der Waals surface area (Å²) in [5.74, 6) is 1.40. The number of rotatable bonds is 2. The largest absolute Gasteiger partial charge is 0.496 e. The van der Waals surface area contributed by atoms with Crippen LogP contribution in [0.25, 0.3) is 11.1 Å². The molecule has 2 aliphatic rings. The fourth-order valence-electron chi connectivity index (χ4n) is 4.01. The minimum atomic E-state index is -0.687. The quantitative estimate of drug-likeness (QED) is 0.815. The number of ether oxygens (including phenoxy) is 1. The predicted octanol–water partition coefficient (Wildman–Crippen LogP) is 3.81. The van der Waals surface area contributed by atoms with Crippen molar-refractivity contribution in [2.75, 3.05) is 20.2 Å². The van der Waals surface area contributed by atoms with Crippen LogP contribution in [0.15, 0.2) is 41.4 Å². The highest BCUT2D eigenvalue weighted by Gasteiger charge is 2.31. The van der Waals surface area contributed by atoms with E-state index in [-0.39, 0.29) is 6.03 Å². The molecule has 2 aliphatic heterocycles. The molecule has 6 heteroatoms. The van der Waals surface area contributed by atoms with Crippen LogP contribution in [0.4, 0.5) is 10.5 Å². The number of piperidine rings is 1. The molecule has 0 aromatic heterocycles. The van der Waals surface area contributed by atoms with Gasteiger partial charge in [0.1, 0.15) is 11.6 Å². The van der Waals surface area contributed by atoms with Gasteiger partial charge in [-0.1, -0.05) is 24.3 Å². The number of hydrogen-bond acceptors (Lipinski definition) is 4. The lowest BCUT2D eigenvalue weighted by Crippen LogP contribution is -2.50. The van der Waals surface area contributed by atoms with E-state index in [1.807, 2.05) is 31.2 Å². The molecule has 2 aromatic carbocycles. The Morgan fingerprint density at radius 2 is 1.90 bits per heavy atom. The third kappa shape index (κ3) is 3.85. The number of likely N-dealkylation sites (tertiary alicyclic amines) is 1. The monoisotopic (exact) mass is 393 g/mol. The number of urea groups is 1. The summed E-state index contributed by atoms with van der Waals surface area (Å²) in [6.45, 7) is 4.98. The molecule has 2 aromatic rings. The Hall–Kier alpha value is -2.86. The van der Waals surface area contributed by atoms with E-state index in [1.165, 1.54) is 5.56 Å². The number of aryl methyl sites for hydroxylation is 1. The second-order valence-electron chi connectivity index (χ2n) is 8.11. The molecule has 0 aliphatic carbocycles. The minimum absolute atomic E-state index is 0.163. The number of benzene rings is 2. The highest BCUT2D eigenvalue weighted by atomic mass is 16.5. The van der Waals surface area contributed by atoms with Gasteiger partial charge in [0, 0.05) is 30.6 Å². The van der Waals surface area contributed by atoms with E-state index >= 15 is 0 Å². The predicted molar refractivity (Wildman–Crippen MR) is 114 cm³/mol. The lowest BCUT2D eigenvalue weighted by Gasteiger charge is -2.35. The molecule has 6 nitrogen and oxygen atoms in total. The minimum Gasteiger partial charge on any atom is -0.496 e. The molecule has 0 bridgehead atoms. The number of amides is 2. The van der Waals surface area contributed by atoms with Crippen LogP contribution in [-0.4, -0.2) is 47.7 Å². The average molecular weight is 393 g/mol. The topological polar surface area (TPSA) is 74.2 Å². The second kappa shape index (κ2) is 7.52. The van der Waals surface area contributed by atoms with E-state index in [2.05, 4.69) is 24.4 Å². The Kier molecular flexibility index (Phi) is 5.04. The Morgan fingerprint density at radius 3 is 2.59 bits per heavy atom. The van der Waals surface area contributed by atoms with Crippen molar-refractivity contribution in [3.05, 3.63) is 47.5 Å². The molecule has 2 heterocycles. The van der Waals surface area contributed by atoms with E-state index in [1.54, 1.807) is 12.0 Å². The highest BCUT2D eigenvalue weighted by molar-refractivity contribution is 6.05. The molecule has 29 heavy (non-hydrogen) atoms. The summed E-state index contributed by atoms with van der Waals surface area (Å²) < 4.78 is 5.55. The molecule has 0 saturated carbocycles. The first-order valence-electron chi connectivity index (χ1n) is 10.00. The van der Waals surface area contributed by atoms with Crippen LogP contribution in [0.5, 0.6) is 5.75 Å². The Balaban J connectivity index is 1.59. The maximum Gasteiger partial charge on any atom is 0.322 e.